The molecule has 88 valence electrons. The third-order valence-electron chi connectivity index (χ3n) is 3.26. The van der Waals surface area contributed by atoms with Gasteiger partial charge in [-0.15, -0.1) is 0 Å². The average molecular weight is 219 g/mol. The summed E-state index contributed by atoms with van der Waals surface area (Å²) >= 11 is 0. The van der Waals surface area contributed by atoms with E-state index >= 15 is 0 Å². The van der Waals surface area contributed by atoms with Gasteiger partial charge in [0.05, 0.1) is 0 Å². The van der Waals surface area contributed by atoms with Crippen molar-refractivity contribution in [3.8, 4) is 5.75 Å². The summed E-state index contributed by atoms with van der Waals surface area (Å²) in [6.07, 6.45) is 1.34. The van der Waals surface area contributed by atoms with Gasteiger partial charge >= 0.3 is 0 Å². The minimum Gasteiger partial charge on any atom is -0.508 e. The molecule has 0 aromatic heterocycles. The van der Waals surface area contributed by atoms with Crippen LogP contribution in [0.1, 0.15) is 25.8 Å². The SMILES string of the molecule is CC1CC(C)CN(Cc2cccc(O)c2)C1. The molecule has 2 unspecified atom stereocenters. The van der Waals surface area contributed by atoms with Gasteiger partial charge in [-0.25, -0.2) is 0 Å². The molecule has 0 saturated carbocycles. The van der Waals surface area contributed by atoms with Crippen LogP contribution in [-0.2, 0) is 6.54 Å². The summed E-state index contributed by atoms with van der Waals surface area (Å²) in [5, 5.41) is 9.43. The summed E-state index contributed by atoms with van der Waals surface area (Å²) in [5.41, 5.74) is 1.21. The minimum absolute atomic E-state index is 0.371. The van der Waals surface area contributed by atoms with E-state index in [-0.39, 0.29) is 0 Å². The monoisotopic (exact) mass is 219 g/mol. The Bertz CT molecular complexity index is 340. The topological polar surface area (TPSA) is 23.5 Å². The van der Waals surface area contributed by atoms with E-state index in [2.05, 4.69) is 24.8 Å². The maximum Gasteiger partial charge on any atom is 0.115 e. The molecule has 0 amide bonds. The summed E-state index contributed by atoms with van der Waals surface area (Å²) in [5.74, 6) is 1.96. The molecule has 1 aliphatic heterocycles. The molecule has 1 fully saturated rings. The fraction of sp³-hybridized carbons (Fsp3) is 0.571. The molecule has 1 heterocycles. The standard InChI is InChI=1S/C14H21NO/c1-11-6-12(2)9-15(8-11)10-13-4-3-5-14(16)7-13/h3-5,7,11-12,16H,6,8-10H2,1-2H3. The van der Waals surface area contributed by atoms with Gasteiger partial charge in [-0.1, -0.05) is 26.0 Å². The number of hydrogen-bond acceptors (Lipinski definition) is 2. The van der Waals surface area contributed by atoms with Gasteiger partial charge in [0.25, 0.3) is 0 Å². The van der Waals surface area contributed by atoms with E-state index in [0.29, 0.717) is 5.75 Å². The highest BCUT2D eigenvalue weighted by molar-refractivity contribution is 5.27. The van der Waals surface area contributed by atoms with Gasteiger partial charge in [0.15, 0.2) is 0 Å². The molecule has 1 aliphatic rings. The Kier molecular flexibility index (Phi) is 3.49. The van der Waals surface area contributed by atoms with E-state index in [1.54, 1.807) is 6.07 Å². The zero-order valence-electron chi connectivity index (χ0n) is 10.2. The number of nitrogens with zero attached hydrogens (tertiary/aromatic N) is 1. The highest BCUT2D eigenvalue weighted by Gasteiger charge is 2.21. The zero-order chi connectivity index (χ0) is 11.5. The van der Waals surface area contributed by atoms with Crippen molar-refractivity contribution in [2.45, 2.75) is 26.8 Å². The third-order valence-corrected chi connectivity index (χ3v) is 3.26. The second-order valence-corrected chi connectivity index (χ2v) is 5.31. The van der Waals surface area contributed by atoms with E-state index in [1.165, 1.54) is 25.1 Å². The fourth-order valence-corrected chi connectivity index (χ4v) is 2.83. The molecule has 16 heavy (non-hydrogen) atoms. The maximum atomic E-state index is 9.43. The van der Waals surface area contributed by atoms with Crippen LogP contribution in [0.5, 0.6) is 5.75 Å². The summed E-state index contributed by atoms with van der Waals surface area (Å²) in [4.78, 5) is 2.49. The predicted octanol–water partition coefficient (Wildman–Crippen LogP) is 2.87. The number of hydrogen-bond donors (Lipinski definition) is 1. The molecule has 2 heteroatoms. The second kappa shape index (κ2) is 4.88. The Morgan fingerprint density at radius 2 is 1.94 bits per heavy atom. The largest absolute Gasteiger partial charge is 0.508 e. The summed E-state index contributed by atoms with van der Waals surface area (Å²) < 4.78 is 0. The Morgan fingerprint density at radius 1 is 1.25 bits per heavy atom. The molecule has 1 aromatic carbocycles. The van der Waals surface area contributed by atoms with Crippen molar-refractivity contribution in [2.75, 3.05) is 13.1 Å². The molecule has 1 saturated heterocycles. The highest BCUT2D eigenvalue weighted by atomic mass is 16.3. The van der Waals surface area contributed by atoms with Gasteiger partial charge < -0.3 is 5.11 Å². The van der Waals surface area contributed by atoms with E-state index < -0.39 is 0 Å². The highest BCUT2D eigenvalue weighted by Crippen LogP contribution is 2.23. The lowest BCUT2D eigenvalue weighted by molar-refractivity contribution is 0.134. The normalized spacial score (nSPS) is 26.9. The van der Waals surface area contributed by atoms with E-state index in [1.807, 2.05) is 12.1 Å². The van der Waals surface area contributed by atoms with Crippen LogP contribution in [0.4, 0.5) is 0 Å². The van der Waals surface area contributed by atoms with Gasteiger partial charge in [-0.05, 0) is 36.0 Å². The number of phenols is 1. The van der Waals surface area contributed by atoms with Gasteiger partial charge in [0.2, 0.25) is 0 Å². The summed E-state index contributed by atoms with van der Waals surface area (Å²) in [6, 6.07) is 7.60. The maximum absolute atomic E-state index is 9.43. The number of rotatable bonds is 2. The van der Waals surface area contributed by atoms with Crippen molar-refractivity contribution < 1.29 is 5.11 Å². The molecule has 1 N–H and O–H groups in total. The number of piperidine rings is 1. The first kappa shape index (κ1) is 11.5. The summed E-state index contributed by atoms with van der Waals surface area (Å²) in [7, 11) is 0. The van der Waals surface area contributed by atoms with Crippen LogP contribution in [0, 0.1) is 11.8 Å². The molecule has 2 rings (SSSR count). The Labute approximate surface area is 97.9 Å². The van der Waals surface area contributed by atoms with Crippen molar-refractivity contribution in [2.24, 2.45) is 11.8 Å². The van der Waals surface area contributed by atoms with Crippen LogP contribution < -0.4 is 0 Å². The first-order valence-electron chi connectivity index (χ1n) is 6.13. The number of aromatic hydroxyl groups is 1. The van der Waals surface area contributed by atoms with Crippen LogP contribution in [0.25, 0.3) is 0 Å². The first-order chi connectivity index (χ1) is 7.63. The van der Waals surface area contributed by atoms with Crippen molar-refractivity contribution in [1.82, 2.24) is 4.90 Å². The molecular formula is C14H21NO. The molecule has 2 atom stereocenters. The lowest BCUT2D eigenvalue weighted by atomic mass is 9.91. The average Bonchev–Trinajstić information content (AvgIpc) is 2.15. The first-order valence-corrected chi connectivity index (χ1v) is 6.13. The van der Waals surface area contributed by atoms with Crippen molar-refractivity contribution in [3.63, 3.8) is 0 Å². The van der Waals surface area contributed by atoms with Gasteiger partial charge in [0.1, 0.15) is 5.75 Å². The van der Waals surface area contributed by atoms with Crippen LogP contribution in [-0.4, -0.2) is 23.1 Å². The van der Waals surface area contributed by atoms with E-state index in [0.717, 1.165) is 18.4 Å². The number of likely N-dealkylation sites (tertiary alicyclic amines) is 1. The summed E-state index contributed by atoms with van der Waals surface area (Å²) in [6.45, 7) is 7.97. The van der Waals surface area contributed by atoms with Gasteiger partial charge in [-0.3, -0.25) is 4.90 Å². The molecule has 0 radical (unpaired) electrons. The van der Waals surface area contributed by atoms with Crippen molar-refractivity contribution >= 4 is 0 Å². The van der Waals surface area contributed by atoms with Crippen molar-refractivity contribution in [1.29, 1.82) is 0 Å². The van der Waals surface area contributed by atoms with Crippen molar-refractivity contribution in [3.05, 3.63) is 29.8 Å². The zero-order valence-corrected chi connectivity index (χ0v) is 10.2. The molecule has 1 aromatic rings. The lowest BCUT2D eigenvalue weighted by Gasteiger charge is -2.35. The molecule has 0 aliphatic carbocycles. The Morgan fingerprint density at radius 3 is 2.56 bits per heavy atom. The molecule has 0 bridgehead atoms. The van der Waals surface area contributed by atoms with Crippen LogP contribution in [0.15, 0.2) is 24.3 Å². The Balaban J connectivity index is 1.98. The quantitative estimate of drug-likeness (QED) is 0.826. The molecule has 2 nitrogen and oxygen atoms in total. The van der Waals surface area contributed by atoms with Gasteiger partial charge in [-0.2, -0.15) is 0 Å². The molecular weight excluding hydrogens is 198 g/mol. The lowest BCUT2D eigenvalue weighted by Crippen LogP contribution is -2.38. The fourth-order valence-electron chi connectivity index (χ4n) is 2.83. The van der Waals surface area contributed by atoms with Crippen LogP contribution in [0.2, 0.25) is 0 Å². The number of phenolic OH excluding ortho intramolecular Hbond substituents is 1. The minimum atomic E-state index is 0.371. The van der Waals surface area contributed by atoms with E-state index in [9.17, 15) is 5.11 Å². The van der Waals surface area contributed by atoms with Crippen LogP contribution in [0.3, 0.4) is 0 Å². The number of benzene rings is 1. The van der Waals surface area contributed by atoms with Gasteiger partial charge in [0, 0.05) is 19.6 Å². The second-order valence-electron chi connectivity index (χ2n) is 5.31. The predicted molar refractivity (Wildman–Crippen MR) is 66.3 cm³/mol. The third kappa shape index (κ3) is 2.99. The Hall–Kier alpha value is -1.02. The van der Waals surface area contributed by atoms with E-state index in [4.69, 9.17) is 0 Å². The smallest absolute Gasteiger partial charge is 0.115 e. The van der Waals surface area contributed by atoms with Crippen LogP contribution >= 0.6 is 0 Å². The molecule has 0 spiro atoms.